The summed E-state index contributed by atoms with van der Waals surface area (Å²) in [6.45, 7) is 2.82. The lowest BCUT2D eigenvalue weighted by atomic mass is 10.1. The van der Waals surface area contributed by atoms with E-state index in [1.165, 1.54) is 11.1 Å². The molecule has 4 heteroatoms. The lowest BCUT2D eigenvalue weighted by molar-refractivity contribution is 0.836. The standard InChI is InChI=1S/C32H25N3O/c1-23-10-9-13-26(20-23)35-31(33-29-16-7-5-15-28(29)32(35)36)19-18-25-22-34(21-24-11-3-2-4-12-24)30-17-8-6-14-27(25)30/h2-20,22H,21H2,1H3/b19-18+. The summed E-state index contributed by atoms with van der Waals surface area (Å²) in [6.07, 6.45) is 6.18. The van der Waals surface area contributed by atoms with Gasteiger partial charge in [0.05, 0.1) is 16.6 Å². The molecule has 2 heterocycles. The number of hydrogen-bond donors (Lipinski definition) is 0. The second-order valence-electron chi connectivity index (χ2n) is 9.02. The van der Waals surface area contributed by atoms with Gasteiger partial charge in [0.2, 0.25) is 0 Å². The lowest BCUT2D eigenvalue weighted by Crippen LogP contribution is -2.22. The fourth-order valence-corrected chi connectivity index (χ4v) is 4.76. The Hall–Kier alpha value is -4.70. The van der Waals surface area contributed by atoms with Gasteiger partial charge in [0, 0.05) is 29.2 Å². The van der Waals surface area contributed by atoms with Gasteiger partial charge in [-0.25, -0.2) is 4.98 Å². The maximum atomic E-state index is 13.6. The van der Waals surface area contributed by atoms with Gasteiger partial charge in [0.1, 0.15) is 5.82 Å². The Morgan fingerprint density at radius 3 is 2.36 bits per heavy atom. The number of aryl methyl sites for hydroxylation is 1. The second-order valence-corrected chi connectivity index (χ2v) is 9.02. The van der Waals surface area contributed by atoms with Crippen LogP contribution in [0.5, 0.6) is 0 Å². The molecule has 0 spiro atoms. The van der Waals surface area contributed by atoms with Gasteiger partial charge in [-0.2, -0.15) is 0 Å². The molecule has 0 aliphatic heterocycles. The van der Waals surface area contributed by atoms with Crippen LogP contribution in [-0.4, -0.2) is 14.1 Å². The molecule has 6 aromatic rings. The maximum absolute atomic E-state index is 13.6. The maximum Gasteiger partial charge on any atom is 0.266 e. The Morgan fingerprint density at radius 1 is 0.778 bits per heavy atom. The van der Waals surface area contributed by atoms with Crippen LogP contribution < -0.4 is 5.56 Å². The summed E-state index contributed by atoms with van der Waals surface area (Å²) in [5.41, 5.74) is 6.02. The van der Waals surface area contributed by atoms with Crippen LogP contribution in [0.4, 0.5) is 0 Å². The average Bonchev–Trinajstić information content (AvgIpc) is 3.25. The van der Waals surface area contributed by atoms with Crippen LogP contribution in [0.1, 0.15) is 22.5 Å². The molecule has 0 atom stereocenters. The molecule has 0 radical (unpaired) electrons. The molecule has 2 aromatic heterocycles. The van der Waals surface area contributed by atoms with E-state index in [1.807, 2.05) is 67.6 Å². The highest BCUT2D eigenvalue weighted by Gasteiger charge is 2.12. The minimum absolute atomic E-state index is 0.0719. The number of para-hydroxylation sites is 2. The van der Waals surface area contributed by atoms with Crippen molar-refractivity contribution in [3.63, 3.8) is 0 Å². The Kier molecular flexibility index (Phi) is 5.55. The Bertz CT molecular complexity index is 1790. The van der Waals surface area contributed by atoms with Gasteiger partial charge in [-0.05, 0) is 60.5 Å². The molecule has 4 nitrogen and oxygen atoms in total. The first-order valence-electron chi connectivity index (χ1n) is 12.1. The van der Waals surface area contributed by atoms with Crippen LogP contribution in [0, 0.1) is 6.92 Å². The first-order valence-corrected chi connectivity index (χ1v) is 12.1. The van der Waals surface area contributed by atoms with Crippen molar-refractivity contribution in [1.82, 2.24) is 14.1 Å². The quantitative estimate of drug-likeness (QED) is 0.278. The van der Waals surface area contributed by atoms with Crippen LogP contribution >= 0.6 is 0 Å². The van der Waals surface area contributed by atoms with E-state index in [0.717, 1.165) is 28.7 Å². The summed E-state index contributed by atoms with van der Waals surface area (Å²) in [6, 6.07) is 34.3. The normalized spacial score (nSPS) is 11.6. The van der Waals surface area contributed by atoms with Gasteiger partial charge >= 0.3 is 0 Å². The zero-order chi connectivity index (χ0) is 24.5. The highest BCUT2D eigenvalue weighted by Crippen LogP contribution is 2.25. The molecule has 174 valence electrons. The minimum Gasteiger partial charge on any atom is -0.342 e. The van der Waals surface area contributed by atoms with Gasteiger partial charge in [-0.15, -0.1) is 0 Å². The summed E-state index contributed by atoms with van der Waals surface area (Å²) in [5.74, 6) is 0.601. The van der Waals surface area contributed by atoms with Gasteiger partial charge in [-0.3, -0.25) is 9.36 Å². The van der Waals surface area contributed by atoms with E-state index in [0.29, 0.717) is 16.7 Å². The topological polar surface area (TPSA) is 39.8 Å². The van der Waals surface area contributed by atoms with Gasteiger partial charge < -0.3 is 4.57 Å². The fourth-order valence-electron chi connectivity index (χ4n) is 4.76. The number of hydrogen-bond acceptors (Lipinski definition) is 2. The number of nitrogens with zero attached hydrogens (tertiary/aromatic N) is 3. The zero-order valence-electron chi connectivity index (χ0n) is 20.0. The van der Waals surface area contributed by atoms with Crippen molar-refractivity contribution >= 4 is 34.0 Å². The second kappa shape index (κ2) is 9.16. The summed E-state index contributed by atoms with van der Waals surface area (Å²) in [7, 11) is 0. The Morgan fingerprint density at radius 2 is 1.53 bits per heavy atom. The van der Waals surface area contributed by atoms with E-state index < -0.39 is 0 Å². The molecule has 0 unspecified atom stereocenters. The molecular weight excluding hydrogens is 442 g/mol. The van der Waals surface area contributed by atoms with Crippen LogP contribution in [0.3, 0.4) is 0 Å². The number of rotatable bonds is 5. The molecule has 0 saturated heterocycles. The van der Waals surface area contributed by atoms with E-state index in [9.17, 15) is 4.79 Å². The monoisotopic (exact) mass is 467 g/mol. The van der Waals surface area contributed by atoms with Crippen molar-refractivity contribution in [2.75, 3.05) is 0 Å². The van der Waals surface area contributed by atoms with E-state index in [1.54, 1.807) is 4.57 Å². The molecule has 0 bridgehead atoms. The Balaban J connectivity index is 1.50. The average molecular weight is 468 g/mol. The molecule has 36 heavy (non-hydrogen) atoms. The summed E-state index contributed by atoms with van der Waals surface area (Å²) in [4.78, 5) is 18.5. The molecular formula is C32H25N3O. The number of fused-ring (bicyclic) bond motifs is 2. The fraction of sp³-hybridized carbons (Fsp3) is 0.0625. The molecule has 6 rings (SSSR count). The van der Waals surface area contributed by atoms with Crippen LogP contribution in [-0.2, 0) is 6.54 Å². The van der Waals surface area contributed by atoms with Crippen molar-refractivity contribution in [3.05, 3.63) is 142 Å². The number of aromatic nitrogens is 3. The largest absolute Gasteiger partial charge is 0.342 e. The molecule has 0 aliphatic carbocycles. The van der Waals surface area contributed by atoms with E-state index >= 15 is 0 Å². The third kappa shape index (κ3) is 4.03. The highest BCUT2D eigenvalue weighted by molar-refractivity contribution is 5.92. The highest BCUT2D eigenvalue weighted by atomic mass is 16.1. The summed E-state index contributed by atoms with van der Waals surface area (Å²) in [5, 5.41) is 1.77. The minimum atomic E-state index is -0.0719. The van der Waals surface area contributed by atoms with Crippen molar-refractivity contribution in [2.24, 2.45) is 0 Å². The third-order valence-corrected chi connectivity index (χ3v) is 6.49. The van der Waals surface area contributed by atoms with Crippen LogP contribution in [0.25, 0.3) is 39.6 Å². The van der Waals surface area contributed by atoms with Gasteiger partial charge in [0.25, 0.3) is 5.56 Å². The van der Waals surface area contributed by atoms with E-state index in [2.05, 4.69) is 65.4 Å². The summed E-state index contributed by atoms with van der Waals surface area (Å²) < 4.78 is 3.97. The SMILES string of the molecule is Cc1cccc(-n2c(/C=C/c3cn(Cc4ccccc4)c4ccccc34)nc3ccccc3c2=O)c1. The van der Waals surface area contributed by atoms with Gasteiger partial charge in [0.15, 0.2) is 0 Å². The molecule has 0 saturated carbocycles. The molecule has 0 amide bonds. The zero-order valence-corrected chi connectivity index (χ0v) is 20.0. The smallest absolute Gasteiger partial charge is 0.266 e. The third-order valence-electron chi connectivity index (χ3n) is 6.49. The van der Waals surface area contributed by atoms with E-state index in [-0.39, 0.29) is 5.56 Å². The molecule has 0 aliphatic rings. The predicted octanol–water partition coefficient (Wildman–Crippen LogP) is 6.87. The van der Waals surface area contributed by atoms with Gasteiger partial charge in [-0.1, -0.05) is 72.8 Å². The van der Waals surface area contributed by atoms with E-state index in [4.69, 9.17) is 4.98 Å². The summed E-state index contributed by atoms with van der Waals surface area (Å²) >= 11 is 0. The number of benzene rings is 4. The predicted molar refractivity (Wildman–Crippen MR) is 148 cm³/mol. The van der Waals surface area contributed by atoms with Crippen molar-refractivity contribution in [3.8, 4) is 5.69 Å². The lowest BCUT2D eigenvalue weighted by Gasteiger charge is -2.12. The first kappa shape index (κ1) is 21.8. The van der Waals surface area contributed by atoms with Crippen molar-refractivity contribution < 1.29 is 0 Å². The van der Waals surface area contributed by atoms with Crippen molar-refractivity contribution in [1.29, 1.82) is 0 Å². The van der Waals surface area contributed by atoms with Crippen molar-refractivity contribution in [2.45, 2.75) is 13.5 Å². The van der Waals surface area contributed by atoms with Crippen LogP contribution in [0.2, 0.25) is 0 Å². The molecule has 4 aromatic carbocycles. The molecule has 0 N–H and O–H groups in total. The first-order chi connectivity index (χ1) is 17.7. The Labute approximate surface area is 209 Å². The molecule has 0 fully saturated rings. The van der Waals surface area contributed by atoms with Crippen LogP contribution in [0.15, 0.2) is 114 Å².